The molecule has 1 rings (SSSR count). The number of carboxylic acids is 1. The second-order valence-electron chi connectivity index (χ2n) is 3.69. The van der Waals surface area contributed by atoms with Crippen LogP contribution in [0.5, 0.6) is 0 Å². The van der Waals surface area contributed by atoms with E-state index in [1.165, 1.54) is 6.92 Å². The minimum atomic E-state index is -0.933. The molecule has 1 atom stereocenters. The fraction of sp³-hybridized carbons (Fsp3) is 0.273. The van der Waals surface area contributed by atoms with Crippen LogP contribution in [0, 0.1) is 9.49 Å². The maximum atomic E-state index is 11.7. The lowest BCUT2D eigenvalue weighted by molar-refractivity contribution is -0.140. The highest BCUT2D eigenvalue weighted by atomic mass is 127. The maximum Gasteiger partial charge on any atom is 0.308 e. The normalized spacial score (nSPS) is 11.9. The summed E-state index contributed by atoms with van der Waals surface area (Å²) in [6.07, 6.45) is 0. The number of carboxylic acid groups (broad SMARTS) is 1. The highest BCUT2D eigenvalue weighted by molar-refractivity contribution is 14.1. The molecule has 0 saturated carbocycles. The van der Waals surface area contributed by atoms with Gasteiger partial charge in [0.2, 0.25) is 0 Å². The molecule has 1 aromatic carbocycles. The van der Waals surface area contributed by atoms with E-state index in [4.69, 9.17) is 10.8 Å². The van der Waals surface area contributed by atoms with Crippen molar-refractivity contribution in [3.8, 4) is 0 Å². The van der Waals surface area contributed by atoms with Crippen molar-refractivity contribution < 1.29 is 14.7 Å². The van der Waals surface area contributed by atoms with Gasteiger partial charge in [-0.1, -0.05) is 6.92 Å². The minimum absolute atomic E-state index is 0.106. The van der Waals surface area contributed by atoms with Gasteiger partial charge in [-0.2, -0.15) is 0 Å². The number of hydrogen-bond donors (Lipinski definition) is 3. The van der Waals surface area contributed by atoms with Crippen LogP contribution in [0.2, 0.25) is 0 Å². The van der Waals surface area contributed by atoms with Gasteiger partial charge in [0.05, 0.1) is 5.92 Å². The van der Waals surface area contributed by atoms with E-state index in [-0.39, 0.29) is 12.5 Å². The van der Waals surface area contributed by atoms with E-state index in [0.29, 0.717) is 11.3 Å². The van der Waals surface area contributed by atoms with Crippen molar-refractivity contribution in [2.24, 2.45) is 5.92 Å². The molecule has 0 aliphatic rings. The summed E-state index contributed by atoms with van der Waals surface area (Å²) in [7, 11) is 0. The smallest absolute Gasteiger partial charge is 0.308 e. The number of nitrogen functional groups attached to an aromatic ring is 1. The number of aliphatic carboxylic acids is 1. The molecule has 0 spiro atoms. The molecule has 1 amide bonds. The zero-order chi connectivity index (χ0) is 13.0. The van der Waals surface area contributed by atoms with Crippen molar-refractivity contribution in [3.63, 3.8) is 0 Å². The Labute approximate surface area is 113 Å². The Kier molecular flexibility index (Phi) is 4.73. The van der Waals surface area contributed by atoms with Gasteiger partial charge in [0.15, 0.2) is 0 Å². The van der Waals surface area contributed by atoms with E-state index in [0.717, 1.165) is 3.57 Å². The largest absolute Gasteiger partial charge is 0.481 e. The highest BCUT2D eigenvalue weighted by Gasteiger charge is 2.13. The Morgan fingerprint density at radius 1 is 1.53 bits per heavy atom. The zero-order valence-corrected chi connectivity index (χ0v) is 11.4. The monoisotopic (exact) mass is 348 g/mol. The van der Waals surface area contributed by atoms with Crippen molar-refractivity contribution in [3.05, 3.63) is 27.3 Å². The summed E-state index contributed by atoms with van der Waals surface area (Å²) in [5.41, 5.74) is 6.72. The van der Waals surface area contributed by atoms with Crippen LogP contribution in [0.4, 0.5) is 5.69 Å². The first-order chi connectivity index (χ1) is 7.91. The molecule has 0 fully saturated rings. The molecule has 92 valence electrons. The molecule has 0 aliphatic carbocycles. The van der Waals surface area contributed by atoms with E-state index >= 15 is 0 Å². The van der Waals surface area contributed by atoms with Gasteiger partial charge in [-0.25, -0.2) is 0 Å². The lowest BCUT2D eigenvalue weighted by atomic mass is 10.1. The summed E-state index contributed by atoms with van der Waals surface area (Å²) < 4.78 is 0.793. The molecule has 6 heteroatoms. The molecule has 4 N–H and O–H groups in total. The van der Waals surface area contributed by atoms with Crippen LogP contribution in [0.15, 0.2) is 18.2 Å². The third-order valence-electron chi connectivity index (χ3n) is 2.25. The van der Waals surface area contributed by atoms with E-state index in [2.05, 4.69) is 5.32 Å². The van der Waals surface area contributed by atoms with Crippen LogP contribution in [0.1, 0.15) is 17.3 Å². The van der Waals surface area contributed by atoms with Gasteiger partial charge in [-0.05, 0) is 40.8 Å². The molecule has 1 unspecified atom stereocenters. The summed E-state index contributed by atoms with van der Waals surface area (Å²) in [6, 6.07) is 4.92. The Balaban J connectivity index is 2.64. The van der Waals surface area contributed by atoms with Crippen LogP contribution in [0.25, 0.3) is 0 Å². The van der Waals surface area contributed by atoms with Crippen LogP contribution < -0.4 is 11.1 Å². The van der Waals surface area contributed by atoms with Crippen molar-refractivity contribution in [2.75, 3.05) is 12.3 Å². The molecule has 0 saturated heterocycles. The highest BCUT2D eigenvalue weighted by Crippen LogP contribution is 2.16. The fourth-order valence-electron chi connectivity index (χ4n) is 1.10. The standard InChI is InChI=1S/C11H13IN2O3/c1-6(11(16)17)5-14-10(15)7-2-3-9(13)8(12)4-7/h2-4,6H,5,13H2,1H3,(H,14,15)(H,16,17). The summed E-state index contributed by atoms with van der Waals surface area (Å²) in [4.78, 5) is 22.3. The average molecular weight is 348 g/mol. The second kappa shape index (κ2) is 5.85. The van der Waals surface area contributed by atoms with E-state index in [9.17, 15) is 9.59 Å². The van der Waals surface area contributed by atoms with Gasteiger partial charge in [-0.3, -0.25) is 9.59 Å². The van der Waals surface area contributed by atoms with Gasteiger partial charge in [0, 0.05) is 21.4 Å². The van der Waals surface area contributed by atoms with Crippen molar-refractivity contribution in [2.45, 2.75) is 6.92 Å². The Morgan fingerprint density at radius 2 is 2.18 bits per heavy atom. The first-order valence-electron chi connectivity index (χ1n) is 4.98. The third kappa shape index (κ3) is 3.88. The number of rotatable bonds is 4. The SMILES string of the molecule is CC(CNC(=O)c1ccc(N)c(I)c1)C(=O)O. The molecule has 0 radical (unpaired) electrons. The maximum absolute atomic E-state index is 11.7. The number of amides is 1. The number of benzene rings is 1. The first kappa shape index (κ1) is 13.8. The average Bonchev–Trinajstić information content (AvgIpc) is 2.28. The quantitative estimate of drug-likeness (QED) is 0.565. The predicted octanol–water partition coefficient (Wildman–Crippen LogP) is 1.32. The van der Waals surface area contributed by atoms with Crippen LogP contribution in [-0.4, -0.2) is 23.5 Å². The summed E-state index contributed by atoms with van der Waals surface area (Å²) >= 11 is 2.04. The van der Waals surface area contributed by atoms with E-state index in [1.807, 2.05) is 22.6 Å². The zero-order valence-electron chi connectivity index (χ0n) is 9.24. The number of nitrogens with one attached hydrogen (secondary N) is 1. The topological polar surface area (TPSA) is 92.4 Å². The summed E-state index contributed by atoms with van der Waals surface area (Å²) in [5.74, 6) is -1.83. The fourth-order valence-corrected chi connectivity index (χ4v) is 1.62. The number of carbonyl (C=O) groups is 2. The Morgan fingerprint density at radius 3 is 2.71 bits per heavy atom. The van der Waals surface area contributed by atoms with Gasteiger partial charge >= 0.3 is 5.97 Å². The molecule has 0 aromatic heterocycles. The van der Waals surface area contributed by atoms with Gasteiger partial charge in [-0.15, -0.1) is 0 Å². The number of anilines is 1. The van der Waals surface area contributed by atoms with E-state index < -0.39 is 11.9 Å². The van der Waals surface area contributed by atoms with Crippen molar-refractivity contribution in [1.29, 1.82) is 0 Å². The van der Waals surface area contributed by atoms with Crippen LogP contribution >= 0.6 is 22.6 Å². The number of carbonyl (C=O) groups excluding carboxylic acids is 1. The lowest BCUT2D eigenvalue weighted by Gasteiger charge is -2.09. The van der Waals surface area contributed by atoms with Crippen molar-refractivity contribution >= 4 is 40.2 Å². The lowest BCUT2D eigenvalue weighted by Crippen LogP contribution is -2.31. The number of nitrogens with two attached hydrogens (primary N) is 1. The third-order valence-corrected chi connectivity index (χ3v) is 3.19. The molecular weight excluding hydrogens is 335 g/mol. The molecule has 1 aromatic rings. The number of hydrogen-bond acceptors (Lipinski definition) is 3. The molecule has 0 bridgehead atoms. The molecule has 5 nitrogen and oxygen atoms in total. The Bertz CT molecular complexity index is 448. The second-order valence-corrected chi connectivity index (χ2v) is 4.85. The molecule has 0 aliphatic heterocycles. The summed E-state index contributed by atoms with van der Waals surface area (Å²) in [6.45, 7) is 1.64. The van der Waals surface area contributed by atoms with Crippen LogP contribution in [0.3, 0.4) is 0 Å². The van der Waals surface area contributed by atoms with Gasteiger partial charge in [0.25, 0.3) is 5.91 Å². The first-order valence-corrected chi connectivity index (χ1v) is 6.05. The molecule has 17 heavy (non-hydrogen) atoms. The summed E-state index contributed by atoms with van der Waals surface area (Å²) in [5, 5.41) is 11.2. The van der Waals surface area contributed by atoms with Crippen LogP contribution in [-0.2, 0) is 4.79 Å². The minimum Gasteiger partial charge on any atom is -0.481 e. The molecular formula is C11H13IN2O3. The predicted molar refractivity (Wildman–Crippen MR) is 72.7 cm³/mol. The molecule has 0 heterocycles. The van der Waals surface area contributed by atoms with E-state index in [1.54, 1.807) is 18.2 Å². The van der Waals surface area contributed by atoms with Crippen molar-refractivity contribution in [1.82, 2.24) is 5.32 Å². The van der Waals surface area contributed by atoms with Gasteiger partial charge < -0.3 is 16.2 Å². The Hall–Kier alpha value is -1.31. The number of halogens is 1. The van der Waals surface area contributed by atoms with Gasteiger partial charge in [0.1, 0.15) is 0 Å².